The van der Waals surface area contributed by atoms with Gasteiger partial charge in [-0.2, -0.15) is 0 Å². The first-order valence-electron chi connectivity index (χ1n) is 12.4. The normalized spacial score (nSPS) is 22.8. The van der Waals surface area contributed by atoms with Crippen LogP contribution in [0, 0.1) is 11.8 Å². The van der Waals surface area contributed by atoms with Crippen molar-refractivity contribution in [2.75, 3.05) is 0 Å². The molecule has 182 valence electrons. The average Bonchev–Trinajstić information content (AvgIpc) is 3.42. The molecule has 0 bridgehead atoms. The third-order valence-electron chi connectivity index (χ3n) is 7.04. The molecular formula is C31H28O5. The molecule has 4 unspecified atom stereocenters. The second-order valence-corrected chi connectivity index (χ2v) is 9.41. The van der Waals surface area contributed by atoms with Gasteiger partial charge in [0.25, 0.3) is 0 Å². The first-order valence-corrected chi connectivity index (χ1v) is 12.4. The highest BCUT2D eigenvalue weighted by atomic mass is 16.6. The van der Waals surface area contributed by atoms with Crippen molar-refractivity contribution in [2.45, 2.75) is 37.9 Å². The summed E-state index contributed by atoms with van der Waals surface area (Å²) in [6, 6.07) is 27.1. The summed E-state index contributed by atoms with van der Waals surface area (Å²) >= 11 is 0. The summed E-state index contributed by atoms with van der Waals surface area (Å²) in [6.45, 7) is 0. The molecule has 0 amide bonds. The lowest BCUT2D eigenvalue weighted by molar-refractivity contribution is -0.141. The molecule has 5 rings (SSSR count). The highest BCUT2D eigenvalue weighted by Gasteiger charge is 2.50. The van der Waals surface area contributed by atoms with E-state index in [0.29, 0.717) is 24.8 Å². The summed E-state index contributed by atoms with van der Waals surface area (Å²) in [6.07, 6.45) is 4.44. The van der Waals surface area contributed by atoms with Crippen molar-refractivity contribution in [1.82, 2.24) is 0 Å². The molecule has 0 spiro atoms. The Morgan fingerprint density at radius 3 is 2.28 bits per heavy atom. The van der Waals surface area contributed by atoms with Crippen molar-refractivity contribution in [2.24, 2.45) is 11.8 Å². The highest BCUT2D eigenvalue weighted by molar-refractivity contribution is 5.91. The molecular weight excluding hydrogens is 452 g/mol. The first-order chi connectivity index (χ1) is 17.6. The van der Waals surface area contributed by atoms with Crippen molar-refractivity contribution in [3.05, 3.63) is 108 Å². The minimum Gasteiger partial charge on any atom is -0.462 e. The van der Waals surface area contributed by atoms with E-state index < -0.39 is 12.1 Å². The van der Waals surface area contributed by atoms with Crippen LogP contribution in [0.5, 0.6) is 0 Å². The van der Waals surface area contributed by atoms with Crippen molar-refractivity contribution in [1.29, 1.82) is 0 Å². The van der Waals surface area contributed by atoms with E-state index >= 15 is 0 Å². The molecule has 1 aliphatic carbocycles. The predicted octanol–water partition coefficient (Wildman–Crippen LogP) is 5.59. The largest absolute Gasteiger partial charge is 0.462 e. The maximum absolute atomic E-state index is 13.0. The van der Waals surface area contributed by atoms with Gasteiger partial charge in [-0.05, 0) is 41.3 Å². The van der Waals surface area contributed by atoms with E-state index in [0.717, 1.165) is 16.7 Å². The van der Waals surface area contributed by atoms with Crippen LogP contribution in [0.4, 0.5) is 0 Å². The van der Waals surface area contributed by atoms with Gasteiger partial charge in [0.05, 0.1) is 12.0 Å². The Bertz CT molecular complexity index is 1250. The van der Waals surface area contributed by atoms with Crippen LogP contribution in [0.2, 0.25) is 0 Å². The number of rotatable bonds is 8. The molecule has 1 saturated carbocycles. The highest BCUT2D eigenvalue weighted by Crippen LogP contribution is 2.43. The molecule has 36 heavy (non-hydrogen) atoms. The van der Waals surface area contributed by atoms with Gasteiger partial charge in [-0.1, -0.05) is 78.9 Å². The number of allylic oxidation sites excluding steroid dienone is 1. The molecule has 5 heteroatoms. The van der Waals surface area contributed by atoms with Crippen LogP contribution in [0.25, 0.3) is 11.1 Å². The number of esters is 2. The zero-order valence-electron chi connectivity index (χ0n) is 19.9. The van der Waals surface area contributed by atoms with Gasteiger partial charge in [-0.3, -0.25) is 9.59 Å². The zero-order valence-corrected chi connectivity index (χ0v) is 19.9. The minimum atomic E-state index is -0.451. The van der Waals surface area contributed by atoms with Crippen molar-refractivity contribution in [3.63, 3.8) is 0 Å². The Hall–Kier alpha value is -3.99. The molecule has 1 heterocycles. The number of carbonyl (C=O) groups is 3. The van der Waals surface area contributed by atoms with Gasteiger partial charge in [0.1, 0.15) is 12.2 Å². The van der Waals surface area contributed by atoms with Crippen LogP contribution >= 0.6 is 0 Å². The number of benzene rings is 3. The van der Waals surface area contributed by atoms with E-state index in [2.05, 4.69) is 0 Å². The number of fused-ring (bicyclic) bond motifs is 1. The third-order valence-corrected chi connectivity index (χ3v) is 7.04. The summed E-state index contributed by atoms with van der Waals surface area (Å²) < 4.78 is 11.4. The van der Waals surface area contributed by atoms with Gasteiger partial charge >= 0.3 is 11.9 Å². The summed E-state index contributed by atoms with van der Waals surface area (Å²) in [5, 5.41) is 0. The summed E-state index contributed by atoms with van der Waals surface area (Å²) in [5.41, 5.74) is 3.67. The second-order valence-electron chi connectivity index (χ2n) is 9.41. The Kier molecular flexibility index (Phi) is 7.08. The average molecular weight is 481 g/mol. The molecule has 0 radical (unpaired) electrons. The fourth-order valence-electron chi connectivity index (χ4n) is 5.14. The van der Waals surface area contributed by atoms with Gasteiger partial charge in [-0.15, -0.1) is 0 Å². The van der Waals surface area contributed by atoms with Crippen molar-refractivity contribution >= 4 is 17.7 Å². The number of ether oxygens (including phenoxy) is 2. The summed E-state index contributed by atoms with van der Waals surface area (Å²) in [7, 11) is 0. The Morgan fingerprint density at radius 2 is 1.56 bits per heavy atom. The van der Waals surface area contributed by atoms with E-state index in [-0.39, 0.29) is 36.1 Å². The smallest absolute Gasteiger partial charge is 0.338 e. The van der Waals surface area contributed by atoms with Crippen LogP contribution < -0.4 is 0 Å². The Balaban J connectivity index is 1.24. The van der Waals surface area contributed by atoms with Gasteiger partial charge in [0.15, 0.2) is 5.78 Å². The molecule has 1 saturated heterocycles. The quantitative estimate of drug-likeness (QED) is 0.311. The standard InChI is InChI=1S/C31H28O5/c32-25(16-11-21-7-3-1-4-8-21)17-18-26-27-19-30(33)35-29(27)20-28(26)36-31(34)24-14-12-23(13-15-24)22-9-5-2-6-10-22/h1-10,12-15,17-18,26-29H,11,16,19-20H2/b18-17+. The first kappa shape index (κ1) is 23.7. The zero-order chi connectivity index (χ0) is 24.9. The summed E-state index contributed by atoms with van der Waals surface area (Å²) in [4.78, 5) is 37.4. The molecule has 0 aromatic heterocycles. The van der Waals surface area contributed by atoms with Crippen LogP contribution in [0.3, 0.4) is 0 Å². The van der Waals surface area contributed by atoms with Gasteiger partial charge in [-0.25, -0.2) is 4.79 Å². The van der Waals surface area contributed by atoms with Crippen LogP contribution in [-0.4, -0.2) is 29.9 Å². The number of carbonyl (C=O) groups excluding carboxylic acids is 3. The molecule has 3 aromatic rings. The van der Waals surface area contributed by atoms with E-state index in [4.69, 9.17) is 9.47 Å². The van der Waals surface area contributed by atoms with E-state index in [1.165, 1.54) is 0 Å². The maximum Gasteiger partial charge on any atom is 0.338 e. The third kappa shape index (κ3) is 5.46. The van der Waals surface area contributed by atoms with Crippen molar-refractivity contribution < 1.29 is 23.9 Å². The molecule has 4 atom stereocenters. The lowest BCUT2D eigenvalue weighted by atomic mass is 9.91. The number of hydrogen-bond donors (Lipinski definition) is 0. The molecule has 2 aliphatic rings. The van der Waals surface area contributed by atoms with Crippen LogP contribution in [0.1, 0.15) is 35.2 Å². The lowest BCUT2D eigenvalue weighted by Gasteiger charge is -2.20. The Labute approximate surface area is 210 Å². The lowest BCUT2D eigenvalue weighted by Crippen LogP contribution is -2.25. The maximum atomic E-state index is 13.0. The SMILES string of the molecule is O=C(/C=C/C1C(OC(=O)c2ccc(-c3ccccc3)cc2)CC2OC(=O)CC21)CCc1ccccc1. The Morgan fingerprint density at radius 1 is 0.889 bits per heavy atom. The number of aryl methyl sites for hydroxylation is 1. The molecule has 3 aromatic carbocycles. The van der Waals surface area contributed by atoms with Gasteiger partial charge < -0.3 is 9.47 Å². The van der Waals surface area contributed by atoms with E-state index in [1.54, 1.807) is 18.2 Å². The molecule has 5 nitrogen and oxygen atoms in total. The van der Waals surface area contributed by atoms with Crippen molar-refractivity contribution in [3.8, 4) is 11.1 Å². The fraction of sp³-hybridized carbons (Fsp3) is 0.258. The summed E-state index contributed by atoms with van der Waals surface area (Å²) in [5.74, 6) is -0.975. The predicted molar refractivity (Wildman–Crippen MR) is 136 cm³/mol. The van der Waals surface area contributed by atoms with Gasteiger partial charge in [0, 0.05) is 24.7 Å². The minimum absolute atomic E-state index is 0.00845. The molecule has 2 fully saturated rings. The second kappa shape index (κ2) is 10.7. The topological polar surface area (TPSA) is 69.7 Å². The fourth-order valence-corrected chi connectivity index (χ4v) is 5.14. The van der Waals surface area contributed by atoms with E-state index in [1.807, 2.05) is 78.9 Å². The van der Waals surface area contributed by atoms with Crippen LogP contribution in [0.15, 0.2) is 97.1 Å². The van der Waals surface area contributed by atoms with Crippen LogP contribution in [-0.2, 0) is 25.5 Å². The molecule has 0 N–H and O–H groups in total. The number of hydrogen-bond acceptors (Lipinski definition) is 5. The number of ketones is 1. The monoisotopic (exact) mass is 480 g/mol. The van der Waals surface area contributed by atoms with Gasteiger partial charge in [0.2, 0.25) is 0 Å². The van der Waals surface area contributed by atoms with E-state index in [9.17, 15) is 14.4 Å². The molecule has 1 aliphatic heterocycles.